The summed E-state index contributed by atoms with van der Waals surface area (Å²) in [5.41, 5.74) is 1.67. The number of benzene rings is 2. The molecule has 2 aromatic carbocycles. The Morgan fingerprint density at radius 3 is 2.32 bits per heavy atom. The maximum absolute atomic E-state index is 13.0. The van der Waals surface area contributed by atoms with Crippen LogP contribution in [0.2, 0.25) is 5.02 Å². The van der Waals surface area contributed by atoms with Crippen LogP contribution in [0, 0.1) is 12.3 Å². The molecule has 0 radical (unpaired) electrons. The first kappa shape index (κ1) is 20.2. The average Bonchev–Trinajstić information content (AvgIpc) is 2.67. The Kier molecular flexibility index (Phi) is 5.94. The number of piperazine rings is 1. The summed E-state index contributed by atoms with van der Waals surface area (Å²) in [5, 5.41) is 3.57. The first-order valence-electron chi connectivity index (χ1n) is 9.45. The van der Waals surface area contributed by atoms with Gasteiger partial charge < -0.3 is 15.1 Å². The fraction of sp³-hybridized carbons (Fsp3) is 0.364. The highest BCUT2D eigenvalue weighted by Gasteiger charge is 2.40. The van der Waals surface area contributed by atoms with Crippen molar-refractivity contribution in [2.24, 2.45) is 5.41 Å². The molecule has 1 saturated heterocycles. The largest absolute Gasteiger partial charge is 0.368 e. The lowest BCUT2D eigenvalue weighted by Gasteiger charge is -2.39. The third kappa shape index (κ3) is 4.47. The van der Waals surface area contributed by atoms with Crippen LogP contribution in [-0.2, 0) is 9.59 Å². The van der Waals surface area contributed by atoms with Gasteiger partial charge in [0.2, 0.25) is 11.8 Å². The van der Waals surface area contributed by atoms with E-state index in [9.17, 15) is 9.59 Å². The van der Waals surface area contributed by atoms with E-state index in [1.54, 1.807) is 18.7 Å². The molecule has 148 valence electrons. The summed E-state index contributed by atoms with van der Waals surface area (Å²) >= 11 is 6.08. The molecule has 1 heterocycles. The predicted octanol–water partition coefficient (Wildman–Crippen LogP) is 3.96. The maximum Gasteiger partial charge on any atom is 0.239 e. The number of carbonyl (C=O) groups excluding carboxylic acids is 2. The number of nitrogens with zero attached hydrogens (tertiary/aromatic N) is 2. The van der Waals surface area contributed by atoms with Crippen LogP contribution in [0.5, 0.6) is 0 Å². The molecule has 0 saturated carbocycles. The lowest BCUT2D eigenvalue weighted by molar-refractivity contribution is -0.146. The fourth-order valence-electron chi connectivity index (χ4n) is 3.34. The van der Waals surface area contributed by atoms with Crippen molar-refractivity contribution in [3.63, 3.8) is 0 Å². The van der Waals surface area contributed by atoms with Gasteiger partial charge in [0.25, 0.3) is 0 Å². The minimum absolute atomic E-state index is 0.150. The molecule has 1 N–H and O–H groups in total. The lowest BCUT2D eigenvalue weighted by Crippen LogP contribution is -2.54. The number of hydrogen-bond donors (Lipinski definition) is 1. The molecule has 0 unspecified atom stereocenters. The highest BCUT2D eigenvalue weighted by Crippen LogP contribution is 2.25. The third-order valence-corrected chi connectivity index (χ3v) is 5.35. The molecule has 1 aliphatic heterocycles. The standard InChI is InChI=1S/C22H26ClN3O2/c1-16-6-4-8-18(14-16)24-20(27)22(2,3)21(28)26-12-10-25(11-13-26)19-9-5-7-17(23)15-19/h4-9,14-15H,10-13H2,1-3H3,(H,24,27). The highest BCUT2D eigenvalue weighted by molar-refractivity contribution is 6.30. The number of aryl methyl sites for hydroxylation is 1. The van der Waals surface area contributed by atoms with Crippen molar-refractivity contribution in [2.75, 3.05) is 36.4 Å². The molecule has 1 aliphatic rings. The summed E-state index contributed by atoms with van der Waals surface area (Å²) in [6.07, 6.45) is 0. The van der Waals surface area contributed by atoms with E-state index in [4.69, 9.17) is 11.6 Å². The zero-order valence-corrected chi connectivity index (χ0v) is 17.3. The van der Waals surface area contributed by atoms with E-state index < -0.39 is 5.41 Å². The summed E-state index contributed by atoms with van der Waals surface area (Å²) < 4.78 is 0. The fourth-order valence-corrected chi connectivity index (χ4v) is 3.53. The van der Waals surface area contributed by atoms with E-state index in [0.29, 0.717) is 36.9 Å². The zero-order valence-electron chi connectivity index (χ0n) is 16.5. The number of rotatable bonds is 4. The molecule has 6 heteroatoms. The predicted molar refractivity (Wildman–Crippen MR) is 114 cm³/mol. The van der Waals surface area contributed by atoms with Crippen molar-refractivity contribution in [3.8, 4) is 0 Å². The Morgan fingerprint density at radius 1 is 1.00 bits per heavy atom. The monoisotopic (exact) mass is 399 g/mol. The van der Waals surface area contributed by atoms with Gasteiger partial charge in [-0.2, -0.15) is 0 Å². The quantitative estimate of drug-likeness (QED) is 0.791. The Morgan fingerprint density at radius 2 is 1.68 bits per heavy atom. The number of hydrogen-bond acceptors (Lipinski definition) is 3. The summed E-state index contributed by atoms with van der Waals surface area (Å²) in [6, 6.07) is 15.3. The van der Waals surface area contributed by atoms with Crippen molar-refractivity contribution >= 4 is 34.8 Å². The van der Waals surface area contributed by atoms with Crippen LogP contribution in [0.25, 0.3) is 0 Å². The van der Waals surface area contributed by atoms with Crippen LogP contribution in [0.4, 0.5) is 11.4 Å². The summed E-state index contributed by atoms with van der Waals surface area (Å²) in [7, 11) is 0. The first-order chi connectivity index (χ1) is 13.3. The average molecular weight is 400 g/mol. The molecule has 5 nitrogen and oxygen atoms in total. The number of carbonyl (C=O) groups is 2. The Labute approximate surface area is 171 Å². The number of nitrogens with one attached hydrogen (secondary N) is 1. The Hall–Kier alpha value is -2.53. The van der Waals surface area contributed by atoms with Crippen LogP contribution >= 0.6 is 11.6 Å². The minimum atomic E-state index is -1.14. The molecule has 0 atom stereocenters. The van der Waals surface area contributed by atoms with Crippen LogP contribution in [0.1, 0.15) is 19.4 Å². The van der Waals surface area contributed by atoms with E-state index in [1.807, 2.05) is 55.5 Å². The van der Waals surface area contributed by atoms with Gasteiger partial charge >= 0.3 is 0 Å². The van der Waals surface area contributed by atoms with Gasteiger partial charge in [-0.25, -0.2) is 0 Å². The van der Waals surface area contributed by atoms with Crippen molar-refractivity contribution in [1.29, 1.82) is 0 Å². The summed E-state index contributed by atoms with van der Waals surface area (Å²) in [5.74, 6) is -0.441. The Bertz CT molecular complexity index is 874. The number of amides is 2. The van der Waals surface area contributed by atoms with Gasteiger partial charge in [-0.05, 0) is 56.7 Å². The van der Waals surface area contributed by atoms with E-state index in [1.165, 1.54) is 0 Å². The van der Waals surface area contributed by atoms with Gasteiger partial charge in [-0.3, -0.25) is 9.59 Å². The molecule has 1 fully saturated rings. The molecule has 0 spiro atoms. The van der Waals surface area contributed by atoms with E-state index in [0.717, 1.165) is 11.3 Å². The molecular formula is C22H26ClN3O2. The van der Waals surface area contributed by atoms with Crippen molar-refractivity contribution in [1.82, 2.24) is 4.90 Å². The van der Waals surface area contributed by atoms with Crippen LogP contribution < -0.4 is 10.2 Å². The Balaban J connectivity index is 1.62. The van der Waals surface area contributed by atoms with Crippen molar-refractivity contribution in [2.45, 2.75) is 20.8 Å². The highest BCUT2D eigenvalue weighted by atomic mass is 35.5. The molecule has 0 aliphatic carbocycles. The minimum Gasteiger partial charge on any atom is -0.368 e. The zero-order chi connectivity index (χ0) is 20.3. The van der Waals surface area contributed by atoms with Gasteiger partial charge in [0, 0.05) is 42.6 Å². The van der Waals surface area contributed by atoms with Crippen LogP contribution in [-0.4, -0.2) is 42.9 Å². The number of anilines is 2. The molecule has 0 aromatic heterocycles. The number of halogens is 1. The molecule has 2 amide bonds. The van der Waals surface area contributed by atoms with Gasteiger partial charge in [-0.15, -0.1) is 0 Å². The molecule has 28 heavy (non-hydrogen) atoms. The molecule has 2 aromatic rings. The third-order valence-electron chi connectivity index (χ3n) is 5.12. The van der Waals surface area contributed by atoms with E-state index in [2.05, 4.69) is 10.2 Å². The SMILES string of the molecule is Cc1cccc(NC(=O)C(C)(C)C(=O)N2CCN(c3cccc(Cl)c3)CC2)c1. The van der Waals surface area contributed by atoms with E-state index >= 15 is 0 Å². The topological polar surface area (TPSA) is 52.7 Å². The van der Waals surface area contributed by atoms with Gasteiger partial charge in [-0.1, -0.05) is 29.8 Å². The van der Waals surface area contributed by atoms with Gasteiger partial charge in [0.05, 0.1) is 0 Å². The maximum atomic E-state index is 13.0. The molecule has 3 rings (SSSR count). The van der Waals surface area contributed by atoms with Gasteiger partial charge in [0.1, 0.15) is 5.41 Å². The van der Waals surface area contributed by atoms with Crippen molar-refractivity contribution < 1.29 is 9.59 Å². The van der Waals surface area contributed by atoms with Gasteiger partial charge in [0.15, 0.2) is 0 Å². The van der Waals surface area contributed by atoms with Crippen LogP contribution in [0.15, 0.2) is 48.5 Å². The van der Waals surface area contributed by atoms with Crippen LogP contribution in [0.3, 0.4) is 0 Å². The first-order valence-corrected chi connectivity index (χ1v) is 9.83. The van der Waals surface area contributed by atoms with E-state index in [-0.39, 0.29) is 11.8 Å². The lowest BCUT2D eigenvalue weighted by atomic mass is 9.89. The van der Waals surface area contributed by atoms with Crippen molar-refractivity contribution in [3.05, 3.63) is 59.1 Å². The normalized spacial score (nSPS) is 14.7. The summed E-state index contributed by atoms with van der Waals surface area (Å²) in [6.45, 7) is 7.90. The second kappa shape index (κ2) is 8.23. The summed E-state index contributed by atoms with van der Waals surface area (Å²) in [4.78, 5) is 29.8. The smallest absolute Gasteiger partial charge is 0.239 e. The molecule has 0 bridgehead atoms. The molecular weight excluding hydrogens is 374 g/mol. The second-order valence-corrected chi connectivity index (χ2v) is 8.14. The second-order valence-electron chi connectivity index (χ2n) is 7.71.